The number of carbonyl (C=O) groups is 1. The van der Waals surface area contributed by atoms with Crippen molar-refractivity contribution in [1.82, 2.24) is 4.98 Å². The Hall–Kier alpha value is -6.41. The summed E-state index contributed by atoms with van der Waals surface area (Å²) in [7, 11) is 0. The van der Waals surface area contributed by atoms with Crippen LogP contribution in [0.15, 0.2) is 91.5 Å². The van der Waals surface area contributed by atoms with Gasteiger partial charge in [-0.05, 0) is 111 Å². The fourth-order valence-corrected chi connectivity index (χ4v) is 5.29. The largest absolute Gasteiger partial charge is 0.508 e. The summed E-state index contributed by atoms with van der Waals surface area (Å²) >= 11 is 1.71. The first-order valence-electron chi connectivity index (χ1n) is 18.1. The fraction of sp³-hybridized carbons (Fsp3) is 0.283. The molecule has 10 heteroatoms. The van der Waals surface area contributed by atoms with E-state index < -0.39 is 0 Å². The number of phenols is 4. The van der Waals surface area contributed by atoms with Gasteiger partial charge in [0, 0.05) is 16.4 Å². The number of Topliss-reactive ketones (excluding diaryl/α,β-unsaturated/α-hetero) is 1. The number of aromatic hydroxyl groups is 4. The Balaban J connectivity index is 0.000000364. The van der Waals surface area contributed by atoms with Gasteiger partial charge in [0.2, 0.25) is 0 Å². The molecule has 0 unspecified atom stereocenters. The Morgan fingerprint density at radius 1 is 0.732 bits per heavy atom. The van der Waals surface area contributed by atoms with Crippen molar-refractivity contribution in [3.63, 3.8) is 0 Å². The van der Waals surface area contributed by atoms with Crippen LogP contribution in [-0.2, 0) is 24.1 Å². The van der Waals surface area contributed by atoms with Crippen molar-refractivity contribution >= 4 is 34.2 Å². The monoisotopic (exact) mass is 772 g/mol. The number of ketones is 1. The first-order valence-corrected chi connectivity index (χ1v) is 18.9. The zero-order valence-electron chi connectivity index (χ0n) is 33.3. The third-order valence-electron chi connectivity index (χ3n) is 7.93. The van der Waals surface area contributed by atoms with Crippen LogP contribution in [0.25, 0.3) is 25.1 Å². The summed E-state index contributed by atoms with van der Waals surface area (Å²) in [4.78, 5) is 25.6. The van der Waals surface area contributed by atoms with Crippen LogP contribution in [0, 0.1) is 39.5 Å². The highest BCUT2D eigenvalue weighted by atomic mass is 32.1. The van der Waals surface area contributed by atoms with Crippen LogP contribution < -0.4 is 0 Å². The van der Waals surface area contributed by atoms with E-state index in [2.05, 4.69) is 46.0 Å². The Kier molecular flexibility index (Phi) is 21.7. The molecule has 0 amide bonds. The molecule has 292 valence electrons. The molecule has 0 saturated heterocycles. The molecule has 0 bridgehead atoms. The second kappa shape index (κ2) is 25.6. The Labute approximate surface area is 336 Å². The molecule has 0 aliphatic carbocycles. The topological polar surface area (TPSA) is 124 Å². The van der Waals surface area contributed by atoms with Crippen LogP contribution >= 0.6 is 11.3 Å². The van der Waals surface area contributed by atoms with E-state index in [0.717, 1.165) is 58.6 Å². The second-order valence-electron chi connectivity index (χ2n) is 12.7. The van der Waals surface area contributed by atoms with Gasteiger partial charge in [-0.1, -0.05) is 70.9 Å². The zero-order chi connectivity index (χ0) is 42.2. The molecule has 5 rings (SSSR count). The highest BCUT2D eigenvalue weighted by molar-refractivity contribution is 7.15. The summed E-state index contributed by atoms with van der Waals surface area (Å²) in [5.74, 6) is 1.58. The first-order chi connectivity index (χ1) is 26.6. The van der Waals surface area contributed by atoms with Gasteiger partial charge in [0.05, 0.1) is 25.4 Å². The normalized spacial score (nSPS) is 9.52. The minimum absolute atomic E-state index is 0.197. The summed E-state index contributed by atoms with van der Waals surface area (Å²) in [6.07, 6.45) is 6.04. The van der Waals surface area contributed by atoms with E-state index in [-0.39, 0.29) is 23.2 Å². The molecule has 0 saturated carbocycles. The van der Waals surface area contributed by atoms with E-state index in [1.807, 2.05) is 33.8 Å². The molecule has 0 atom stereocenters. The summed E-state index contributed by atoms with van der Waals surface area (Å²) in [5, 5.41) is 38.2. The van der Waals surface area contributed by atoms with Gasteiger partial charge < -0.3 is 20.4 Å². The number of allylic oxidation sites excluding steroid dienone is 1. The molecule has 0 aliphatic rings. The van der Waals surface area contributed by atoms with Crippen molar-refractivity contribution in [3.05, 3.63) is 153 Å². The summed E-state index contributed by atoms with van der Waals surface area (Å²) in [5.41, 5.74) is 6.51. The van der Waals surface area contributed by atoms with Crippen molar-refractivity contribution in [3.8, 4) is 33.6 Å². The van der Waals surface area contributed by atoms with E-state index in [1.54, 1.807) is 72.9 Å². The number of carbonyl (C=O) groups excluding carboxylic acids is 1. The maximum absolute atomic E-state index is 10.1. The van der Waals surface area contributed by atoms with Crippen LogP contribution in [-0.4, -0.2) is 31.2 Å². The lowest BCUT2D eigenvalue weighted by Crippen LogP contribution is -1.98. The lowest BCUT2D eigenvalue weighted by Gasteiger charge is -2.04. The van der Waals surface area contributed by atoms with Gasteiger partial charge in [-0.3, -0.25) is 4.79 Å². The average molecular weight is 773 g/mol. The first kappa shape index (κ1) is 47.6. The molecule has 0 spiro atoms. The smallest absolute Gasteiger partial charge is 0.187 e. The van der Waals surface area contributed by atoms with Crippen molar-refractivity contribution in [2.45, 2.75) is 80.6 Å². The van der Waals surface area contributed by atoms with Crippen LogP contribution in [0.3, 0.4) is 0 Å². The molecular formula is C46H52N4O5S. The maximum Gasteiger partial charge on any atom is 0.187 e. The van der Waals surface area contributed by atoms with E-state index in [1.165, 1.54) is 23.1 Å². The number of rotatable bonds is 8. The van der Waals surface area contributed by atoms with Crippen LogP contribution in [0.2, 0.25) is 0 Å². The van der Waals surface area contributed by atoms with E-state index in [0.29, 0.717) is 35.0 Å². The number of hydrogen-bond donors (Lipinski definition) is 4. The summed E-state index contributed by atoms with van der Waals surface area (Å²) < 4.78 is 0. The van der Waals surface area contributed by atoms with Gasteiger partial charge in [-0.15, -0.1) is 17.9 Å². The Morgan fingerprint density at radius 3 is 1.57 bits per heavy atom. The molecule has 0 radical (unpaired) electrons. The van der Waals surface area contributed by atoms with Gasteiger partial charge in [-0.2, -0.15) is 0 Å². The lowest BCUT2D eigenvalue weighted by atomic mass is 10.1. The number of thiazole rings is 1. The third kappa shape index (κ3) is 17.2. The molecule has 9 nitrogen and oxygen atoms in total. The molecule has 1 aromatic heterocycles. The molecule has 4 N–H and O–H groups in total. The lowest BCUT2D eigenvalue weighted by molar-refractivity contribution is -0.119. The van der Waals surface area contributed by atoms with Gasteiger partial charge in [0.25, 0.3) is 0 Å². The van der Waals surface area contributed by atoms with E-state index in [9.17, 15) is 20.1 Å². The molecule has 5 aromatic rings. The predicted octanol–water partition coefficient (Wildman–Crippen LogP) is 12.8. The number of phenolic OH excluding ortho intramolecular Hbond substituents is 4. The summed E-state index contributed by atoms with van der Waals surface area (Å²) in [6.45, 7) is 37.3. The maximum atomic E-state index is 10.1. The van der Waals surface area contributed by atoms with Crippen molar-refractivity contribution in [1.29, 1.82) is 0 Å². The van der Waals surface area contributed by atoms with Crippen molar-refractivity contribution in [2.75, 3.05) is 0 Å². The molecule has 4 aromatic carbocycles. The van der Waals surface area contributed by atoms with Crippen molar-refractivity contribution in [2.24, 2.45) is 5.92 Å². The van der Waals surface area contributed by atoms with Crippen LogP contribution in [0.5, 0.6) is 23.0 Å². The van der Waals surface area contributed by atoms with Gasteiger partial charge in [0.15, 0.2) is 17.1 Å². The second-order valence-corrected chi connectivity index (χ2v) is 13.9. The number of nitrogens with zero attached hydrogens (tertiary/aromatic N) is 4. The fourth-order valence-electron chi connectivity index (χ4n) is 4.38. The highest BCUT2D eigenvalue weighted by Crippen LogP contribution is 2.31. The minimum atomic E-state index is 0.197. The van der Waals surface area contributed by atoms with E-state index in [4.69, 9.17) is 24.8 Å². The third-order valence-corrected chi connectivity index (χ3v) is 9.06. The van der Waals surface area contributed by atoms with E-state index >= 15 is 0 Å². The Morgan fingerprint density at radius 2 is 1.16 bits per heavy atom. The average Bonchev–Trinajstić information content (AvgIpc) is 3.53. The summed E-state index contributed by atoms with van der Waals surface area (Å²) in [6, 6.07) is 21.6. The molecule has 1 heterocycles. The number of hydrogen-bond acceptors (Lipinski definition) is 7. The predicted molar refractivity (Wildman–Crippen MR) is 229 cm³/mol. The highest BCUT2D eigenvalue weighted by Gasteiger charge is 2.09. The van der Waals surface area contributed by atoms with Crippen LogP contribution in [0.1, 0.15) is 74.7 Å². The van der Waals surface area contributed by atoms with Gasteiger partial charge >= 0.3 is 0 Å². The van der Waals surface area contributed by atoms with Gasteiger partial charge in [-0.25, -0.2) is 19.5 Å². The number of benzene rings is 4. The Bertz CT molecular complexity index is 2120. The standard InChI is InChI=1S/C14H17NOS.C10H11NO.C10H9NO.C7H5NO.C5H10O/c1-4-5-11-8-12(6-7-13(11)16)14-15-9(2)10(3)17-14;2*1-3-4-8-7-9(11-2)5-6-10(8)12;1-8-6-2-4-7(9)5-3-6;1-4(2)5(3)6/h6-8,16H,4-5H2,1-3H3;5-7,12H,3-4H2,1H3;3,5-7,12H,1,4H2;2-5,9H;4H,1-3H3. The molecule has 0 fully saturated rings. The quantitative estimate of drug-likeness (QED) is 0.0919. The zero-order valence-corrected chi connectivity index (χ0v) is 34.1. The minimum Gasteiger partial charge on any atom is -0.508 e. The number of aryl methyl sites for hydroxylation is 4. The number of aromatic nitrogens is 1. The van der Waals surface area contributed by atoms with Gasteiger partial charge in [0.1, 0.15) is 33.8 Å². The van der Waals surface area contributed by atoms with Crippen molar-refractivity contribution < 1.29 is 25.2 Å². The molecule has 56 heavy (non-hydrogen) atoms. The molecule has 0 aliphatic heterocycles. The molecular weight excluding hydrogens is 721 g/mol. The SMILES string of the molecule is CC(=O)C(C)C.CCCc1cc(-c2nc(C)c(C)s2)ccc1O.[C-]#[N+]c1ccc(O)c(CC=C)c1.[C-]#[N+]c1ccc(O)c(CCC)c1.[C-]#[N+]c1ccc(O)cc1. The van der Waals surface area contributed by atoms with Crippen LogP contribution in [0.4, 0.5) is 17.1 Å².